The quantitative estimate of drug-likeness (QED) is 0.760. The Morgan fingerprint density at radius 1 is 1.10 bits per heavy atom. The summed E-state index contributed by atoms with van der Waals surface area (Å²) in [5.41, 5.74) is 0.986. The second-order valence-electron chi connectivity index (χ2n) is 5.30. The second-order valence-corrected chi connectivity index (χ2v) is 6.38. The lowest BCUT2D eigenvalue weighted by Crippen LogP contribution is -2.40. The van der Waals surface area contributed by atoms with Crippen molar-refractivity contribution in [3.63, 3.8) is 0 Å². The Morgan fingerprint density at radius 2 is 1.81 bits per heavy atom. The Balaban J connectivity index is 1.72. The Bertz CT molecular complexity index is 526. The summed E-state index contributed by atoms with van der Waals surface area (Å²) in [6.45, 7) is 5.49. The van der Waals surface area contributed by atoms with Gasteiger partial charge < -0.3 is 14.5 Å². The maximum Gasteiger partial charge on any atom is 0.283 e. The van der Waals surface area contributed by atoms with Crippen LogP contribution < -0.4 is 0 Å². The van der Waals surface area contributed by atoms with E-state index in [1.807, 2.05) is 9.80 Å². The van der Waals surface area contributed by atoms with Crippen molar-refractivity contribution in [2.24, 2.45) is 0 Å². The Labute approximate surface area is 127 Å². The van der Waals surface area contributed by atoms with Crippen LogP contribution in [0.25, 0.3) is 0 Å². The van der Waals surface area contributed by atoms with E-state index < -0.39 is 0 Å². The van der Waals surface area contributed by atoms with Gasteiger partial charge in [-0.2, -0.15) is 0 Å². The van der Waals surface area contributed by atoms with E-state index >= 15 is 0 Å². The Hall–Kier alpha value is -1.47. The van der Waals surface area contributed by atoms with Crippen LogP contribution >= 0.6 is 11.3 Å². The molecular formula is C14H19N3O3S. The van der Waals surface area contributed by atoms with Gasteiger partial charge in [0.15, 0.2) is 5.01 Å². The third kappa shape index (κ3) is 3.08. The zero-order valence-electron chi connectivity index (χ0n) is 12.1. The summed E-state index contributed by atoms with van der Waals surface area (Å²) in [5, 5.41) is 0.582. The number of thiazole rings is 1. The first kappa shape index (κ1) is 14.5. The molecule has 1 saturated heterocycles. The maximum atomic E-state index is 12.4. The van der Waals surface area contributed by atoms with Crippen molar-refractivity contribution in [2.75, 3.05) is 39.4 Å². The molecule has 0 bridgehead atoms. The maximum absolute atomic E-state index is 12.4. The standard InChI is InChI=1S/C14H19N3O3S/c1-10(18)16-4-2-11-12(3-5-16)21-13(15-11)14(19)17-6-8-20-9-7-17/h2-9H2,1H3. The molecule has 0 atom stereocenters. The Kier molecular flexibility index (Phi) is 4.21. The predicted molar refractivity (Wildman–Crippen MR) is 78.5 cm³/mol. The lowest BCUT2D eigenvalue weighted by Gasteiger charge is -2.25. The van der Waals surface area contributed by atoms with E-state index in [2.05, 4.69) is 4.98 Å². The molecule has 21 heavy (non-hydrogen) atoms. The first-order valence-electron chi connectivity index (χ1n) is 7.26. The first-order valence-corrected chi connectivity index (χ1v) is 8.08. The van der Waals surface area contributed by atoms with Gasteiger partial charge in [0.25, 0.3) is 5.91 Å². The van der Waals surface area contributed by atoms with E-state index in [1.165, 1.54) is 11.3 Å². The van der Waals surface area contributed by atoms with Crippen molar-refractivity contribution in [1.82, 2.24) is 14.8 Å². The van der Waals surface area contributed by atoms with Crippen molar-refractivity contribution < 1.29 is 14.3 Å². The summed E-state index contributed by atoms with van der Waals surface area (Å²) in [5.74, 6) is 0.120. The van der Waals surface area contributed by atoms with Gasteiger partial charge in [-0.3, -0.25) is 9.59 Å². The van der Waals surface area contributed by atoms with Gasteiger partial charge in [-0.15, -0.1) is 11.3 Å². The number of ether oxygens (including phenoxy) is 1. The van der Waals surface area contributed by atoms with Crippen LogP contribution in [-0.4, -0.2) is 66.0 Å². The van der Waals surface area contributed by atoms with Crippen LogP contribution in [0.1, 0.15) is 27.3 Å². The van der Waals surface area contributed by atoms with Crippen molar-refractivity contribution in [2.45, 2.75) is 19.8 Å². The fourth-order valence-corrected chi connectivity index (χ4v) is 3.74. The van der Waals surface area contributed by atoms with E-state index in [1.54, 1.807) is 6.92 Å². The van der Waals surface area contributed by atoms with Gasteiger partial charge >= 0.3 is 0 Å². The number of rotatable bonds is 1. The molecule has 0 saturated carbocycles. The average Bonchev–Trinajstić information content (AvgIpc) is 2.80. The Morgan fingerprint density at radius 3 is 2.52 bits per heavy atom. The van der Waals surface area contributed by atoms with Crippen molar-refractivity contribution >= 4 is 23.2 Å². The zero-order valence-corrected chi connectivity index (χ0v) is 12.9. The molecule has 1 aromatic rings. The molecule has 1 aromatic heterocycles. The summed E-state index contributed by atoms with van der Waals surface area (Å²) in [6, 6.07) is 0. The molecule has 3 heterocycles. The van der Waals surface area contributed by atoms with Crippen LogP contribution in [-0.2, 0) is 22.4 Å². The molecule has 0 aliphatic carbocycles. The SMILES string of the molecule is CC(=O)N1CCc2nc(C(=O)N3CCOCC3)sc2CC1. The topological polar surface area (TPSA) is 62.7 Å². The minimum atomic E-state index is 0.0137. The minimum absolute atomic E-state index is 0.0137. The largest absolute Gasteiger partial charge is 0.378 e. The highest BCUT2D eigenvalue weighted by atomic mass is 32.1. The lowest BCUT2D eigenvalue weighted by molar-refractivity contribution is -0.128. The molecular weight excluding hydrogens is 290 g/mol. The van der Waals surface area contributed by atoms with Crippen LogP contribution in [0.2, 0.25) is 0 Å². The third-order valence-corrected chi connectivity index (χ3v) is 5.08. The number of morpholine rings is 1. The summed E-state index contributed by atoms with van der Waals surface area (Å²) in [4.78, 5) is 33.2. The third-order valence-electron chi connectivity index (χ3n) is 3.93. The van der Waals surface area contributed by atoms with Crippen LogP contribution in [0.3, 0.4) is 0 Å². The van der Waals surface area contributed by atoms with E-state index in [-0.39, 0.29) is 11.8 Å². The number of hydrogen-bond acceptors (Lipinski definition) is 5. The molecule has 0 unspecified atom stereocenters. The average molecular weight is 309 g/mol. The number of nitrogens with zero attached hydrogens (tertiary/aromatic N) is 3. The van der Waals surface area contributed by atoms with Crippen molar-refractivity contribution in [3.8, 4) is 0 Å². The second kappa shape index (κ2) is 6.11. The number of fused-ring (bicyclic) bond motifs is 1. The fraction of sp³-hybridized carbons (Fsp3) is 0.643. The molecule has 1 fully saturated rings. The van der Waals surface area contributed by atoms with Crippen LogP contribution in [0.4, 0.5) is 0 Å². The highest BCUT2D eigenvalue weighted by Crippen LogP contribution is 2.24. The molecule has 0 radical (unpaired) electrons. The van der Waals surface area contributed by atoms with Gasteiger partial charge in [0.2, 0.25) is 5.91 Å². The smallest absolute Gasteiger partial charge is 0.283 e. The predicted octanol–water partition coefficient (Wildman–Crippen LogP) is 0.563. The molecule has 0 spiro atoms. The van der Waals surface area contributed by atoms with E-state index in [0.717, 1.165) is 30.0 Å². The minimum Gasteiger partial charge on any atom is -0.378 e. The normalized spacial score (nSPS) is 19.1. The van der Waals surface area contributed by atoms with Gasteiger partial charge in [-0.1, -0.05) is 0 Å². The molecule has 3 rings (SSSR count). The molecule has 114 valence electrons. The summed E-state index contributed by atoms with van der Waals surface area (Å²) < 4.78 is 5.27. The zero-order chi connectivity index (χ0) is 14.8. The molecule has 6 nitrogen and oxygen atoms in total. The first-order chi connectivity index (χ1) is 10.1. The van der Waals surface area contributed by atoms with Gasteiger partial charge in [0.05, 0.1) is 18.9 Å². The van der Waals surface area contributed by atoms with Crippen molar-refractivity contribution in [3.05, 3.63) is 15.6 Å². The number of aromatic nitrogens is 1. The van der Waals surface area contributed by atoms with Gasteiger partial charge in [-0.25, -0.2) is 4.98 Å². The molecule has 2 aliphatic heterocycles. The van der Waals surface area contributed by atoms with Crippen LogP contribution in [0.15, 0.2) is 0 Å². The number of amides is 2. The summed E-state index contributed by atoms with van der Waals surface area (Å²) in [7, 11) is 0. The molecule has 0 N–H and O–H groups in total. The van der Waals surface area contributed by atoms with Crippen LogP contribution in [0.5, 0.6) is 0 Å². The molecule has 2 amide bonds. The number of carbonyl (C=O) groups excluding carboxylic acids is 2. The highest BCUT2D eigenvalue weighted by molar-refractivity contribution is 7.13. The summed E-state index contributed by atoms with van der Waals surface area (Å²) in [6.07, 6.45) is 1.53. The van der Waals surface area contributed by atoms with Crippen molar-refractivity contribution in [1.29, 1.82) is 0 Å². The number of hydrogen-bond donors (Lipinski definition) is 0. The van der Waals surface area contributed by atoms with Gasteiger partial charge in [0, 0.05) is 50.8 Å². The molecule has 7 heteroatoms. The number of carbonyl (C=O) groups is 2. The molecule has 0 aromatic carbocycles. The van der Waals surface area contributed by atoms with E-state index in [4.69, 9.17) is 4.74 Å². The van der Waals surface area contributed by atoms with E-state index in [9.17, 15) is 9.59 Å². The fourth-order valence-electron chi connectivity index (χ4n) is 2.67. The summed E-state index contributed by atoms with van der Waals surface area (Å²) >= 11 is 1.48. The molecule has 2 aliphatic rings. The van der Waals surface area contributed by atoms with Gasteiger partial charge in [0.1, 0.15) is 0 Å². The van der Waals surface area contributed by atoms with E-state index in [0.29, 0.717) is 37.9 Å². The monoisotopic (exact) mass is 309 g/mol. The lowest BCUT2D eigenvalue weighted by atomic mass is 10.2. The van der Waals surface area contributed by atoms with Crippen LogP contribution in [0, 0.1) is 0 Å². The van der Waals surface area contributed by atoms with Gasteiger partial charge in [-0.05, 0) is 0 Å². The highest BCUT2D eigenvalue weighted by Gasteiger charge is 2.25.